The highest BCUT2D eigenvalue weighted by molar-refractivity contribution is 5.95. The summed E-state index contributed by atoms with van der Waals surface area (Å²) < 4.78 is 1.44. The molecule has 2 aromatic heterocycles. The number of fused-ring (bicyclic) bond motifs is 1. The Kier molecular flexibility index (Phi) is 5.58. The first kappa shape index (κ1) is 19.3. The number of carbonyl (C=O) groups excluding carboxylic acids is 2. The van der Waals surface area contributed by atoms with Gasteiger partial charge in [-0.15, -0.1) is 5.10 Å². The molecule has 0 aliphatic carbocycles. The number of nitrogens with one attached hydrogen (secondary N) is 3. The van der Waals surface area contributed by atoms with Crippen molar-refractivity contribution in [3.8, 4) is 11.1 Å². The predicted molar refractivity (Wildman–Crippen MR) is 109 cm³/mol. The molecule has 3 aromatic rings. The molecule has 0 saturated heterocycles. The summed E-state index contributed by atoms with van der Waals surface area (Å²) in [4.78, 5) is 28.8. The van der Waals surface area contributed by atoms with Crippen molar-refractivity contribution in [3.63, 3.8) is 0 Å². The van der Waals surface area contributed by atoms with Gasteiger partial charge in [-0.2, -0.15) is 4.98 Å². The van der Waals surface area contributed by atoms with Gasteiger partial charge in [0.15, 0.2) is 5.65 Å². The van der Waals surface area contributed by atoms with Crippen molar-refractivity contribution in [2.24, 2.45) is 0 Å². The van der Waals surface area contributed by atoms with E-state index in [2.05, 4.69) is 32.1 Å². The first-order valence-electron chi connectivity index (χ1n) is 9.24. The number of benzene rings is 1. The first-order chi connectivity index (χ1) is 13.4. The van der Waals surface area contributed by atoms with E-state index in [0.29, 0.717) is 24.4 Å². The lowest BCUT2D eigenvalue weighted by Crippen LogP contribution is -2.28. The largest absolute Gasteiger partial charge is 0.351 e. The van der Waals surface area contributed by atoms with Crippen molar-refractivity contribution in [2.75, 3.05) is 18.4 Å². The molecule has 8 heteroatoms. The fourth-order valence-corrected chi connectivity index (χ4v) is 3.05. The second kappa shape index (κ2) is 8.08. The number of anilines is 1. The van der Waals surface area contributed by atoms with Crippen molar-refractivity contribution >= 4 is 23.5 Å². The molecule has 0 unspecified atom stereocenters. The molecular weight excluding hydrogens is 356 g/mol. The van der Waals surface area contributed by atoms with Gasteiger partial charge in [0.25, 0.3) is 11.9 Å². The Morgan fingerprint density at radius 1 is 1.04 bits per heavy atom. The van der Waals surface area contributed by atoms with E-state index < -0.39 is 6.03 Å². The average molecular weight is 380 g/mol. The van der Waals surface area contributed by atoms with Gasteiger partial charge in [-0.05, 0) is 56.5 Å². The van der Waals surface area contributed by atoms with Crippen LogP contribution in [0.1, 0.15) is 35.5 Å². The van der Waals surface area contributed by atoms with Crippen molar-refractivity contribution in [1.82, 2.24) is 25.2 Å². The quantitative estimate of drug-likeness (QED) is 0.633. The van der Waals surface area contributed by atoms with E-state index in [1.807, 2.05) is 45.9 Å². The van der Waals surface area contributed by atoms with Crippen LogP contribution in [0.25, 0.3) is 16.8 Å². The topological polar surface area (TPSA) is 100 Å². The summed E-state index contributed by atoms with van der Waals surface area (Å²) in [5.41, 5.74) is 4.98. The fraction of sp³-hybridized carbons (Fsp3) is 0.300. The third-order valence-electron chi connectivity index (χ3n) is 4.26. The Labute approximate surface area is 163 Å². The van der Waals surface area contributed by atoms with E-state index in [4.69, 9.17) is 0 Å². The van der Waals surface area contributed by atoms with Crippen LogP contribution in [0.4, 0.5) is 10.7 Å². The fourth-order valence-electron chi connectivity index (χ4n) is 3.05. The van der Waals surface area contributed by atoms with E-state index in [9.17, 15) is 9.59 Å². The lowest BCUT2D eigenvalue weighted by atomic mass is 9.99. The van der Waals surface area contributed by atoms with Crippen molar-refractivity contribution < 1.29 is 9.59 Å². The maximum absolute atomic E-state index is 12.6. The number of hydrogen-bond donors (Lipinski definition) is 3. The van der Waals surface area contributed by atoms with Crippen molar-refractivity contribution in [1.29, 1.82) is 0 Å². The summed E-state index contributed by atoms with van der Waals surface area (Å²) in [5, 5.41) is 12.3. The number of amides is 3. The molecule has 2 heterocycles. The molecule has 8 nitrogen and oxygen atoms in total. The second-order valence-corrected chi connectivity index (χ2v) is 6.50. The molecule has 0 saturated carbocycles. The van der Waals surface area contributed by atoms with Gasteiger partial charge < -0.3 is 10.6 Å². The van der Waals surface area contributed by atoms with E-state index in [-0.39, 0.29) is 11.9 Å². The predicted octanol–water partition coefficient (Wildman–Crippen LogP) is 2.90. The highest BCUT2D eigenvalue weighted by Crippen LogP contribution is 2.27. The summed E-state index contributed by atoms with van der Waals surface area (Å²) in [6.45, 7) is 8.72. The Bertz CT molecular complexity index is 1040. The van der Waals surface area contributed by atoms with Gasteiger partial charge in [-0.3, -0.25) is 10.1 Å². The number of aryl methyl sites for hydroxylation is 2. The van der Waals surface area contributed by atoms with Gasteiger partial charge in [-0.25, -0.2) is 9.31 Å². The smallest absolute Gasteiger partial charge is 0.321 e. The zero-order valence-corrected chi connectivity index (χ0v) is 16.5. The van der Waals surface area contributed by atoms with Crippen molar-refractivity contribution in [3.05, 3.63) is 47.2 Å². The van der Waals surface area contributed by atoms with E-state index in [0.717, 1.165) is 16.7 Å². The molecular formula is C20H24N6O2. The van der Waals surface area contributed by atoms with E-state index >= 15 is 0 Å². The van der Waals surface area contributed by atoms with Gasteiger partial charge in [0.1, 0.15) is 5.69 Å². The number of rotatable bonds is 5. The number of aromatic nitrogens is 3. The molecule has 0 atom stereocenters. The van der Waals surface area contributed by atoms with Gasteiger partial charge >= 0.3 is 6.03 Å². The standard InChI is InChI=1S/C20H24N6O2/c1-5-21-18(27)16-10-14(15-8-7-12(3)9-13(15)4)11-17-23-19(25-26(16)17)24-20(28)22-6-2/h7-11H,5-6H2,1-4H3,(H,21,27)(H2,22,24,25,28). The van der Waals surface area contributed by atoms with Crippen LogP contribution >= 0.6 is 0 Å². The minimum Gasteiger partial charge on any atom is -0.351 e. The molecule has 0 spiro atoms. The van der Waals surface area contributed by atoms with Crippen LogP contribution in [-0.2, 0) is 0 Å². The number of urea groups is 1. The van der Waals surface area contributed by atoms with Gasteiger partial charge in [0.2, 0.25) is 0 Å². The number of hydrogen-bond acceptors (Lipinski definition) is 4. The molecule has 0 bridgehead atoms. The zero-order chi connectivity index (χ0) is 20.3. The third-order valence-corrected chi connectivity index (χ3v) is 4.26. The molecule has 0 aliphatic rings. The third kappa shape index (κ3) is 3.95. The van der Waals surface area contributed by atoms with Crippen LogP contribution in [-0.4, -0.2) is 39.6 Å². The summed E-state index contributed by atoms with van der Waals surface area (Å²) in [7, 11) is 0. The zero-order valence-electron chi connectivity index (χ0n) is 16.5. The normalized spacial score (nSPS) is 10.7. The Morgan fingerprint density at radius 3 is 2.46 bits per heavy atom. The number of nitrogens with zero attached hydrogens (tertiary/aromatic N) is 3. The highest BCUT2D eigenvalue weighted by atomic mass is 16.2. The summed E-state index contributed by atoms with van der Waals surface area (Å²) >= 11 is 0. The van der Waals surface area contributed by atoms with E-state index in [1.54, 1.807) is 6.07 Å². The lowest BCUT2D eigenvalue weighted by Gasteiger charge is -2.10. The average Bonchev–Trinajstić information content (AvgIpc) is 3.03. The number of pyridine rings is 1. The van der Waals surface area contributed by atoms with Crippen LogP contribution in [0.15, 0.2) is 30.3 Å². The summed E-state index contributed by atoms with van der Waals surface area (Å²) in [6, 6.07) is 9.41. The SMILES string of the molecule is CCNC(=O)Nc1nc2cc(-c3ccc(C)cc3C)cc(C(=O)NCC)n2n1. The molecule has 28 heavy (non-hydrogen) atoms. The molecule has 0 aliphatic heterocycles. The Hall–Kier alpha value is -3.42. The van der Waals surface area contributed by atoms with Gasteiger partial charge in [-0.1, -0.05) is 23.8 Å². The molecule has 3 rings (SSSR count). The van der Waals surface area contributed by atoms with Crippen LogP contribution in [0.3, 0.4) is 0 Å². The molecule has 0 fully saturated rings. The minimum atomic E-state index is -0.396. The number of carbonyl (C=O) groups is 2. The molecule has 146 valence electrons. The highest BCUT2D eigenvalue weighted by Gasteiger charge is 2.17. The molecule has 3 N–H and O–H groups in total. The van der Waals surface area contributed by atoms with Crippen LogP contribution in [0.2, 0.25) is 0 Å². The van der Waals surface area contributed by atoms with Gasteiger partial charge in [0, 0.05) is 13.1 Å². The lowest BCUT2D eigenvalue weighted by molar-refractivity contribution is 0.0948. The van der Waals surface area contributed by atoms with Gasteiger partial charge in [0.05, 0.1) is 0 Å². The molecule has 3 amide bonds. The van der Waals surface area contributed by atoms with Crippen LogP contribution in [0.5, 0.6) is 0 Å². The second-order valence-electron chi connectivity index (χ2n) is 6.50. The van der Waals surface area contributed by atoms with Crippen LogP contribution < -0.4 is 16.0 Å². The summed E-state index contributed by atoms with van der Waals surface area (Å²) in [5.74, 6) is -0.122. The Balaban J connectivity index is 2.13. The first-order valence-corrected chi connectivity index (χ1v) is 9.24. The Morgan fingerprint density at radius 2 is 1.79 bits per heavy atom. The van der Waals surface area contributed by atoms with E-state index in [1.165, 1.54) is 10.1 Å². The maximum atomic E-state index is 12.6. The summed E-state index contributed by atoms with van der Waals surface area (Å²) in [6.07, 6.45) is 0. The maximum Gasteiger partial charge on any atom is 0.321 e. The van der Waals surface area contributed by atoms with Crippen LogP contribution in [0, 0.1) is 13.8 Å². The molecule has 0 radical (unpaired) electrons. The monoisotopic (exact) mass is 380 g/mol. The minimum absolute atomic E-state index is 0.134. The van der Waals surface area contributed by atoms with Crippen molar-refractivity contribution in [2.45, 2.75) is 27.7 Å². The molecule has 1 aromatic carbocycles.